The fraction of sp³-hybridized carbons (Fsp3) is 0.625. The maximum absolute atomic E-state index is 6.40. The fourth-order valence-electron chi connectivity index (χ4n) is 3.03. The van der Waals surface area contributed by atoms with E-state index in [1.54, 1.807) is 0 Å². The standard InChI is InChI=1S/C16H25NO/c1-12(2)11-16(4)17(5)13(3)15(18-16)14-9-7-6-8-10-14/h6-10,12-13,15H,11H2,1-5H3/t13-,15-,16+/m0/s1. The van der Waals surface area contributed by atoms with Gasteiger partial charge in [-0.15, -0.1) is 0 Å². The topological polar surface area (TPSA) is 12.5 Å². The summed E-state index contributed by atoms with van der Waals surface area (Å²) in [6.45, 7) is 8.97. The highest BCUT2D eigenvalue weighted by atomic mass is 16.5. The van der Waals surface area contributed by atoms with Gasteiger partial charge in [0.25, 0.3) is 0 Å². The molecule has 0 radical (unpaired) electrons. The fourth-order valence-corrected chi connectivity index (χ4v) is 3.03. The lowest BCUT2D eigenvalue weighted by molar-refractivity contribution is -0.0960. The van der Waals surface area contributed by atoms with Crippen LogP contribution in [-0.2, 0) is 4.74 Å². The van der Waals surface area contributed by atoms with Crippen molar-refractivity contribution < 1.29 is 4.74 Å². The Hall–Kier alpha value is -0.860. The van der Waals surface area contributed by atoms with Crippen molar-refractivity contribution in [1.29, 1.82) is 0 Å². The molecule has 1 aliphatic rings. The Balaban J connectivity index is 2.22. The monoisotopic (exact) mass is 247 g/mol. The number of nitrogens with zero attached hydrogens (tertiary/aromatic N) is 1. The molecule has 0 spiro atoms. The predicted octanol–water partition coefficient (Wildman–Crippen LogP) is 3.84. The molecule has 2 rings (SSSR count). The van der Waals surface area contributed by atoms with E-state index in [9.17, 15) is 0 Å². The first-order chi connectivity index (χ1) is 8.44. The Kier molecular flexibility index (Phi) is 3.79. The van der Waals surface area contributed by atoms with Crippen molar-refractivity contribution in [1.82, 2.24) is 4.90 Å². The van der Waals surface area contributed by atoms with Gasteiger partial charge in [0.05, 0.1) is 0 Å². The van der Waals surface area contributed by atoms with Crippen molar-refractivity contribution in [3.05, 3.63) is 35.9 Å². The van der Waals surface area contributed by atoms with Gasteiger partial charge >= 0.3 is 0 Å². The smallest absolute Gasteiger partial charge is 0.120 e. The van der Waals surface area contributed by atoms with Crippen LogP contribution in [-0.4, -0.2) is 23.7 Å². The van der Waals surface area contributed by atoms with Crippen molar-refractivity contribution in [3.8, 4) is 0 Å². The average molecular weight is 247 g/mol. The SMILES string of the molecule is CC(C)C[C@@]1(C)O[C@H](c2ccccc2)[C@H](C)N1C. The molecule has 0 N–H and O–H groups in total. The predicted molar refractivity (Wildman–Crippen MR) is 75.4 cm³/mol. The lowest BCUT2D eigenvalue weighted by Crippen LogP contribution is -2.43. The number of rotatable bonds is 3. The maximum atomic E-state index is 6.40. The minimum absolute atomic E-state index is 0.145. The molecule has 2 nitrogen and oxygen atoms in total. The van der Waals surface area contributed by atoms with Gasteiger partial charge in [0, 0.05) is 6.04 Å². The third-order valence-electron chi connectivity index (χ3n) is 4.09. The highest BCUT2D eigenvalue weighted by Gasteiger charge is 2.46. The van der Waals surface area contributed by atoms with Crippen molar-refractivity contribution in [3.63, 3.8) is 0 Å². The van der Waals surface area contributed by atoms with Crippen LogP contribution in [0.15, 0.2) is 30.3 Å². The molecule has 0 aliphatic carbocycles. The second kappa shape index (κ2) is 5.02. The van der Waals surface area contributed by atoms with E-state index in [1.165, 1.54) is 5.56 Å². The third-order valence-corrected chi connectivity index (χ3v) is 4.09. The van der Waals surface area contributed by atoms with Gasteiger partial charge in [0.15, 0.2) is 0 Å². The number of ether oxygens (including phenoxy) is 1. The molecule has 0 aromatic heterocycles. The summed E-state index contributed by atoms with van der Waals surface area (Å²) in [6, 6.07) is 11.0. The van der Waals surface area contributed by atoms with Crippen LogP contribution >= 0.6 is 0 Å². The van der Waals surface area contributed by atoms with Gasteiger partial charge in [-0.3, -0.25) is 4.90 Å². The molecule has 3 atom stereocenters. The molecule has 1 aromatic carbocycles. The van der Waals surface area contributed by atoms with E-state index in [4.69, 9.17) is 4.74 Å². The number of hydrogen-bond donors (Lipinski definition) is 0. The first-order valence-corrected chi connectivity index (χ1v) is 6.90. The zero-order valence-electron chi connectivity index (χ0n) is 12.2. The highest BCUT2D eigenvalue weighted by molar-refractivity contribution is 5.20. The van der Waals surface area contributed by atoms with Crippen LogP contribution in [0.5, 0.6) is 0 Å². The van der Waals surface area contributed by atoms with Gasteiger partial charge in [-0.05, 0) is 38.8 Å². The van der Waals surface area contributed by atoms with Crippen LogP contribution in [0.25, 0.3) is 0 Å². The summed E-state index contributed by atoms with van der Waals surface area (Å²) in [4.78, 5) is 2.38. The molecule has 1 aliphatic heterocycles. The Morgan fingerprint density at radius 3 is 2.44 bits per heavy atom. The minimum Gasteiger partial charge on any atom is -0.351 e. The van der Waals surface area contributed by atoms with Crippen molar-refractivity contribution in [2.45, 2.75) is 52.0 Å². The molecular weight excluding hydrogens is 222 g/mol. The molecule has 0 unspecified atom stereocenters. The molecular formula is C16H25NO. The summed E-state index contributed by atoms with van der Waals surface area (Å²) >= 11 is 0. The van der Waals surface area contributed by atoms with Crippen LogP contribution in [0.3, 0.4) is 0 Å². The van der Waals surface area contributed by atoms with E-state index in [0.29, 0.717) is 12.0 Å². The molecule has 1 heterocycles. The normalized spacial score (nSPS) is 33.2. The molecule has 0 saturated carbocycles. The second-order valence-electron chi connectivity index (χ2n) is 6.07. The summed E-state index contributed by atoms with van der Waals surface area (Å²) in [7, 11) is 2.18. The van der Waals surface area contributed by atoms with E-state index < -0.39 is 0 Å². The molecule has 100 valence electrons. The molecule has 0 bridgehead atoms. The maximum Gasteiger partial charge on any atom is 0.120 e. The van der Waals surface area contributed by atoms with E-state index in [1.807, 2.05) is 0 Å². The van der Waals surface area contributed by atoms with Crippen LogP contribution in [0.1, 0.15) is 45.8 Å². The second-order valence-corrected chi connectivity index (χ2v) is 6.07. The Morgan fingerprint density at radius 1 is 1.28 bits per heavy atom. The van der Waals surface area contributed by atoms with Crippen LogP contribution in [0, 0.1) is 5.92 Å². The van der Waals surface area contributed by atoms with Gasteiger partial charge in [0.2, 0.25) is 0 Å². The molecule has 1 aromatic rings. The number of likely N-dealkylation sites (N-methyl/N-ethyl adjacent to an activating group) is 1. The first-order valence-electron chi connectivity index (χ1n) is 6.90. The lowest BCUT2D eigenvalue weighted by atomic mass is 10.00. The van der Waals surface area contributed by atoms with E-state index >= 15 is 0 Å². The Bertz CT molecular complexity index is 389. The van der Waals surface area contributed by atoms with Crippen molar-refractivity contribution >= 4 is 0 Å². The van der Waals surface area contributed by atoms with Gasteiger partial charge < -0.3 is 4.74 Å². The summed E-state index contributed by atoms with van der Waals surface area (Å²) in [6.07, 6.45) is 1.25. The van der Waals surface area contributed by atoms with Crippen LogP contribution in [0.4, 0.5) is 0 Å². The largest absolute Gasteiger partial charge is 0.351 e. The lowest BCUT2D eigenvalue weighted by Gasteiger charge is -2.33. The molecule has 0 amide bonds. The quantitative estimate of drug-likeness (QED) is 0.804. The van der Waals surface area contributed by atoms with Gasteiger partial charge in [-0.2, -0.15) is 0 Å². The molecule has 1 fully saturated rings. The molecule has 2 heteroatoms. The molecule has 18 heavy (non-hydrogen) atoms. The Labute approximate surface area is 111 Å². The zero-order valence-corrected chi connectivity index (χ0v) is 12.2. The third kappa shape index (κ3) is 2.45. The van der Waals surface area contributed by atoms with E-state index in [0.717, 1.165) is 6.42 Å². The van der Waals surface area contributed by atoms with Crippen LogP contribution < -0.4 is 0 Å². The van der Waals surface area contributed by atoms with Gasteiger partial charge in [0.1, 0.15) is 11.8 Å². The number of benzene rings is 1. The first kappa shape index (κ1) is 13.6. The number of hydrogen-bond acceptors (Lipinski definition) is 2. The van der Waals surface area contributed by atoms with E-state index in [-0.39, 0.29) is 11.8 Å². The summed E-state index contributed by atoms with van der Waals surface area (Å²) < 4.78 is 6.40. The summed E-state index contributed by atoms with van der Waals surface area (Å²) in [5, 5.41) is 0. The van der Waals surface area contributed by atoms with E-state index in [2.05, 4.69) is 70.0 Å². The molecule has 1 saturated heterocycles. The highest BCUT2D eigenvalue weighted by Crippen LogP contribution is 2.42. The Morgan fingerprint density at radius 2 is 1.89 bits per heavy atom. The van der Waals surface area contributed by atoms with Crippen molar-refractivity contribution in [2.24, 2.45) is 5.92 Å². The van der Waals surface area contributed by atoms with Crippen molar-refractivity contribution in [2.75, 3.05) is 7.05 Å². The summed E-state index contributed by atoms with van der Waals surface area (Å²) in [5.41, 5.74) is 1.14. The average Bonchev–Trinajstić information content (AvgIpc) is 2.54. The van der Waals surface area contributed by atoms with Gasteiger partial charge in [-0.1, -0.05) is 44.2 Å². The minimum atomic E-state index is -0.145. The van der Waals surface area contributed by atoms with Crippen LogP contribution in [0.2, 0.25) is 0 Å². The van der Waals surface area contributed by atoms with Gasteiger partial charge in [-0.25, -0.2) is 0 Å². The zero-order chi connectivity index (χ0) is 13.3. The summed E-state index contributed by atoms with van der Waals surface area (Å²) in [5.74, 6) is 0.638.